The van der Waals surface area contributed by atoms with Crippen LogP contribution in [0.5, 0.6) is 0 Å². The van der Waals surface area contributed by atoms with E-state index in [1.807, 2.05) is 0 Å². The molecule has 1 N–H and O–H groups in total. The van der Waals surface area contributed by atoms with Crippen molar-refractivity contribution in [3.8, 4) is 0 Å². The second kappa shape index (κ2) is 8.42. The lowest BCUT2D eigenvalue weighted by atomic mass is 10.7. The summed E-state index contributed by atoms with van der Waals surface area (Å²) in [6.45, 7) is -0.227. The first-order valence-corrected chi connectivity index (χ1v) is 4.32. The lowest BCUT2D eigenvalue weighted by molar-refractivity contribution is -0.0265. The van der Waals surface area contributed by atoms with Crippen LogP contribution in [-0.2, 0) is 14.2 Å². The molecule has 0 aromatic heterocycles. The Morgan fingerprint density at radius 2 is 1.40 bits per heavy atom. The van der Waals surface area contributed by atoms with E-state index in [1.54, 1.807) is 0 Å². The second-order valence-corrected chi connectivity index (χ2v) is 2.76. The molecule has 0 atom stereocenters. The summed E-state index contributed by atoms with van der Waals surface area (Å²) < 4.78 is 14.4. The number of ether oxygens (including phenoxy) is 3. The second-order valence-electron chi connectivity index (χ2n) is 2.76. The number of hydrogen-bond donors (Lipinski definition) is 1. The number of aliphatic hydroxyl groups is 1. The number of carbonyl (C=O) groups is 1. The van der Waals surface area contributed by atoms with Crippen LogP contribution in [0.1, 0.15) is 0 Å². The number of nitrogens with zero attached hydrogens (tertiary/aromatic N) is 2. The molecule has 0 rings (SSSR count). The van der Waals surface area contributed by atoms with Gasteiger partial charge in [-0.1, -0.05) is 0 Å². The minimum absolute atomic E-state index is 0.0132. The summed E-state index contributed by atoms with van der Waals surface area (Å²) in [7, 11) is 4.37. The molecule has 0 aliphatic heterocycles. The van der Waals surface area contributed by atoms with E-state index in [1.165, 1.54) is 26.2 Å². The topological polar surface area (TPSA) is 71.5 Å². The minimum atomic E-state index is -0.420. The van der Waals surface area contributed by atoms with Crippen LogP contribution in [0.25, 0.3) is 0 Å². The van der Waals surface area contributed by atoms with Gasteiger partial charge in [0.25, 0.3) is 0 Å². The van der Waals surface area contributed by atoms with Crippen LogP contribution in [0.15, 0.2) is 0 Å². The fourth-order valence-electron chi connectivity index (χ4n) is 0.972. The monoisotopic (exact) mass is 222 g/mol. The van der Waals surface area contributed by atoms with Crippen LogP contribution < -0.4 is 0 Å². The number of amides is 2. The maximum Gasteiger partial charge on any atom is 0.327 e. The number of urea groups is 1. The van der Waals surface area contributed by atoms with Gasteiger partial charge in [-0.15, -0.1) is 0 Å². The number of rotatable bonds is 7. The Hall–Kier alpha value is -0.890. The fourth-order valence-corrected chi connectivity index (χ4v) is 0.972. The van der Waals surface area contributed by atoms with Crippen LogP contribution in [0.4, 0.5) is 4.79 Å². The van der Waals surface area contributed by atoms with Crippen LogP contribution in [0.2, 0.25) is 0 Å². The zero-order chi connectivity index (χ0) is 11.7. The minimum Gasteiger partial charge on any atom is -0.376 e. The van der Waals surface area contributed by atoms with E-state index in [-0.39, 0.29) is 20.2 Å². The maximum absolute atomic E-state index is 11.7. The van der Waals surface area contributed by atoms with Crippen LogP contribution in [0, 0.1) is 0 Å². The Labute approximate surface area is 89.1 Å². The highest BCUT2D eigenvalue weighted by Gasteiger charge is 2.19. The van der Waals surface area contributed by atoms with Crippen LogP contribution in [-0.4, -0.2) is 69.2 Å². The van der Waals surface area contributed by atoms with Crippen molar-refractivity contribution in [2.75, 3.05) is 48.3 Å². The standard InChI is InChI=1S/C8H18N2O5/c1-13-5-9(4-11)8(12)10(6-14-2)7-15-3/h11H,4-7H2,1-3H3. The van der Waals surface area contributed by atoms with E-state index in [2.05, 4.69) is 0 Å². The molecule has 0 aromatic carbocycles. The first-order valence-electron chi connectivity index (χ1n) is 4.32. The van der Waals surface area contributed by atoms with Gasteiger partial charge in [-0.2, -0.15) is 0 Å². The number of aliphatic hydroxyl groups excluding tert-OH is 1. The van der Waals surface area contributed by atoms with E-state index in [4.69, 9.17) is 19.3 Å². The summed E-state index contributed by atoms with van der Waals surface area (Å²) in [6, 6.07) is -0.414. The van der Waals surface area contributed by atoms with Gasteiger partial charge in [0.15, 0.2) is 0 Å². The van der Waals surface area contributed by atoms with E-state index < -0.39 is 12.8 Å². The van der Waals surface area contributed by atoms with E-state index >= 15 is 0 Å². The molecule has 0 heterocycles. The Kier molecular flexibility index (Phi) is 7.92. The smallest absolute Gasteiger partial charge is 0.327 e. The Balaban J connectivity index is 4.29. The molecule has 2 amide bonds. The molecule has 0 saturated carbocycles. The predicted octanol–water partition coefficient (Wildman–Crippen LogP) is -0.528. The number of methoxy groups -OCH3 is 3. The van der Waals surface area contributed by atoms with Crippen molar-refractivity contribution in [1.82, 2.24) is 9.80 Å². The van der Waals surface area contributed by atoms with E-state index in [0.717, 1.165) is 4.90 Å². The predicted molar refractivity (Wildman–Crippen MR) is 51.8 cm³/mol. The first-order chi connectivity index (χ1) is 7.21. The fraction of sp³-hybridized carbons (Fsp3) is 0.875. The average Bonchev–Trinajstić information content (AvgIpc) is 2.24. The molecule has 7 nitrogen and oxygen atoms in total. The molecular weight excluding hydrogens is 204 g/mol. The Bertz CT molecular complexity index is 172. The van der Waals surface area contributed by atoms with Gasteiger partial charge in [-0.25, -0.2) is 4.79 Å². The highest BCUT2D eigenvalue weighted by Crippen LogP contribution is 1.99. The molecule has 0 aliphatic rings. The molecule has 0 unspecified atom stereocenters. The molecule has 0 radical (unpaired) electrons. The normalized spacial score (nSPS) is 10.1. The average molecular weight is 222 g/mol. The summed E-state index contributed by atoms with van der Waals surface area (Å²) in [5.74, 6) is 0. The Morgan fingerprint density at radius 3 is 1.73 bits per heavy atom. The number of carbonyl (C=O) groups excluding carboxylic acids is 1. The summed E-state index contributed by atoms with van der Waals surface area (Å²) in [6.07, 6.45) is 0. The van der Waals surface area contributed by atoms with Gasteiger partial charge in [0.05, 0.1) is 0 Å². The zero-order valence-electron chi connectivity index (χ0n) is 9.30. The summed E-state index contributed by atoms with van der Waals surface area (Å²) >= 11 is 0. The largest absolute Gasteiger partial charge is 0.376 e. The molecular formula is C8H18N2O5. The van der Waals surface area contributed by atoms with Gasteiger partial charge in [-0.3, -0.25) is 9.80 Å². The lowest BCUT2D eigenvalue weighted by Gasteiger charge is -2.27. The van der Waals surface area contributed by atoms with Crippen molar-refractivity contribution < 1.29 is 24.1 Å². The molecule has 0 aliphatic carbocycles. The Morgan fingerprint density at radius 1 is 1.00 bits per heavy atom. The van der Waals surface area contributed by atoms with Crippen molar-refractivity contribution in [1.29, 1.82) is 0 Å². The van der Waals surface area contributed by atoms with Crippen LogP contribution >= 0.6 is 0 Å². The van der Waals surface area contributed by atoms with Gasteiger partial charge in [0, 0.05) is 21.3 Å². The number of hydrogen-bond acceptors (Lipinski definition) is 5. The summed E-state index contributed by atoms with van der Waals surface area (Å²) in [5.41, 5.74) is 0. The molecule has 7 heteroatoms. The van der Waals surface area contributed by atoms with Gasteiger partial charge in [0.2, 0.25) is 0 Å². The SMILES string of the molecule is COCN(CO)C(=O)N(COC)COC. The maximum atomic E-state index is 11.7. The molecule has 0 bridgehead atoms. The van der Waals surface area contributed by atoms with E-state index in [0.29, 0.717) is 0 Å². The van der Waals surface area contributed by atoms with Crippen molar-refractivity contribution >= 4 is 6.03 Å². The van der Waals surface area contributed by atoms with E-state index in [9.17, 15) is 4.79 Å². The molecule has 0 fully saturated rings. The molecule has 15 heavy (non-hydrogen) atoms. The highest BCUT2D eigenvalue weighted by atomic mass is 16.5. The molecule has 90 valence electrons. The molecule has 0 aromatic rings. The van der Waals surface area contributed by atoms with Crippen molar-refractivity contribution in [2.24, 2.45) is 0 Å². The summed E-state index contributed by atoms with van der Waals surface area (Å²) in [5, 5.41) is 8.93. The van der Waals surface area contributed by atoms with Gasteiger partial charge >= 0.3 is 6.03 Å². The molecule has 0 spiro atoms. The molecule has 0 saturated heterocycles. The highest BCUT2D eigenvalue weighted by molar-refractivity contribution is 5.73. The van der Waals surface area contributed by atoms with Crippen LogP contribution in [0.3, 0.4) is 0 Å². The summed E-state index contributed by atoms with van der Waals surface area (Å²) in [4.78, 5) is 14.1. The van der Waals surface area contributed by atoms with Crippen molar-refractivity contribution in [3.05, 3.63) is 0 Å². The lowest BCUT2D eigenvalue weighted by Crippen LogP contribution is -2.46. The first kappa shape index (κ1) is 14.1. The third-order valence-electron chi connectivity index (χ3n) is 1.57. The van der Waals surface area contributed by atoms with Gasteiger partial charge < -0.3 is 19.3 Å². The third kappa shape index (κ3) is 4.93. The van der Waals surface area contributed by atoms with Crippen molar-refractivity contribution in [2.45, 2.75) is 0 Å². The third-order valence-corrected chi connectivity index (χ3v) is 1.57. The zero-order valence-corrected chi connectivity index (χ0v) is 9.30. The van der Waals surface area contributed by atoms with Gasteiger partial charge in [0.1, 0.15) is 26.9 Å². The van der Waals surface area contributed by atoms with Gasteiger partial charge in [-0.05, 0) is 0 Å². The van der Waals surface area contributed by atoms with Crippen molar-refractivity contribution in [3.63, 3.8) is 0 Å². The quantitative estimate of drug-likeness (QED) is 0.586.